The van der Waals surface area contributed by atoms with E-state index in [1.807, 2.05) is 22.8 Å². The number of piperazine rings is 1. The Bertz CT molecular complexity index is 727. The van der Waals surface area contributed by atoms with Gasteiger partial charge in [-0.2, -0.15) is 0 Å². The predicted octanol–water partition coefficient (Wildman–Crippen LogP) is 3.96. The van der Waals surface area contributed by atoms with E-state index in [2.05, 4.69) is 31.2 Å². The Morgan fingerprint density at radius 1 is 1.04 bits per heavy atom. The van der Waals surface area contributed by atoms with Gasteiger partial charge in [-0.3, -0.25) is 4.79 Å². The zero-order valence-corrected chi connectivity index (χ0v) is 15.4. The average molecular weight is 358 g/mol. The quantitative estimate of drug-likeness (QED) is 0.773. The van der Waals surface area contributed by atoms with Crippen molar-refractivity contribution in [2.45, 2.75) is 24.0 Å². The Kier molecular flexibility index (Phi) is 5.63. The number of anilines is 1. The number of aryl methyl sites for hydroxylation is 1. The van der Waals surface area contributed by atoms with Crippen LogP contribution in [0.1, 0.15) is 12.5 Å². The molecule has 5 heteroatoms. The molecule has 0 spiro atoms. The summed E-state index contributed by atoms with van der Waals surface area (Å²) in [6.07, 6.45) is 0. The molecule has 1 saturated heterocycles. The highest BCUT2D eigenvalue weighted by molar-refractivity contribution is 8.00. The largest absolute Gasteiger partial charge is 0.366 e. The summed E-state index contributed by atoms with van der Waals surface area (Å²) in [5.74, 6) is -0.0515. The van der Waals surface area contributed by atoms with Crippen molar-refractivity contribution in [2.75, 3.05) is 31.1 Å². The van der Waals surface area contributed by atoms with E-state index in [1.165, 1.54) is 11.6 Å². The maximum atomic E-state index is 13.9. The van der Waals surface area contributed by atoms with Crippen molar-refractivity contribution < 1.29 is 9.18 Å². The fourth-order valence-corrected chi connectivity index (χ4v) is 3.96. The van der Waals surface area contributed by atoms with Crippen molar-refractivity contribution in [2.24, 2.45) is 0 Å². The molecule has 1 aliphatic rings. The second kappa shape index (κ2) is 7.91. The van der Waals surface area contributed by atoms with E-state index >= 15 is 0 Å². The van der Waals surface area contributed by atoms with Gasteiger partial charge < -0.3 is 9.80 Å². The lowest BCUT2D eigenvalue weighted by Gasteiger charge is -2.37. The highest BCUT2D eigenvalue weighted by Crippen LogP contribution is 2.26. The normalized spacial score (nSPS) is 16.0. The highest BCUT2D eigenvalue weighted by Gasteiger charge is 2.26. The summed E-state index contributed by atoms with van der Waals surface area (Å²) >= 11 is 1.59. The number of rotatable bonds is 4. The van der Waals surface area contributed by atoms with E-state index in [0.717, 1.165) is 4.90 Å². The summed E-state index contributed by atoms with van der Waals surface area (Å²) in [7, 11) is 0. The van der Waals surface area contributed by atoms with Crippen LogP contribution in [0.5, 0.6) is 0 Å². The van der Waals surface area contributed by atoms with E-state index in [9.17, 15) is 9.18 Å². The van der Waals surface area contributed by atoms with Gasteiger partial charge in [0, 0.05) is 31.1 Å². The number of carbonyl (C=O) groups is 1. The minimum atomic E-state index is -0.203. The summed E-state index contributed by atoms with van der Waals surface area (Å²) in [6.45, 7) is 6.59. The van der Waals surface area contributed by atoms with Crippen molar-refractivity contribution in [1.29, 1.82) is 0 Å². The molecule has 2 aromatic carbocycles. The molecule has 1 fully saturated rings. The van der Waals surface area contributed by atoms with Crippen LogP contribution >= 0.6 is 11.8 Å². The number of nitrogens with zero attached hydrogens (tertiary/aromatic N) is 2. The van der Waals surface area contributed by atoms with Crippen LogP contribution in [0.2, 0.25) is 0 Å². The van der Waals surface area contributed by atoms with Gasteiger partial charge in [-0.25, -0.2) is 4.39 Å². The van der Waals surface area contributed by atoms with Crippen LogP contribution < -0.4 is 4.90 Å². The van der Waals surface area contributed by atoms with Gasteiger partial charge in [-0.1, -0.05) is 29.8 Å². The summed E-state index contributed by atoms with van der Waals surface area (Å²) in [6, 6.07) is 15.0. The second-order valence-electron chi connectivity index (χ2n) is 6.34. The molecule has 1 atom stereocenters. The van der Waals surface area contributed by atoms with Crippen LogP contribution in [0.15, 0.2) is 53.4 Å². The lowest BCUT2D eigenvalue weighted by Crippen LogP contribution is -2.50. The van der Waals surface area contributed by atoms with Gasteiger partial charge in [0.05, 0.1) is 10.9 Å². The van der Waals surface area contributed by atoms with Crippen molar-refractivity contribution >= 4 is 23.4 Å². The molecular formula is C20H23FN2OS. The van der Waals surface area contributed by atoms with E-state index in [0.29, 0.717) is 31.9 Å². The summed E-state index contributed by atoms with van der Waals surface area (Å²) in [5, 5.41) is -0.122. The highest BCUT2D eigenvalue weighted by atomic mass is 32.2. The van der Waals surface area contributed by atoms with E-state index in [4.69, 9.17) is 0 Å². The second-order valence-corrected chi connectivity index (χ2v) is 7.75. The fourth-order valence-electron chi connectivity index (χ4n) is 3.00. The molecule has 1 amide bonds. The maximum absolute atomic E-state index is 13.9. The van der Waals surface area contributed by atoms with Crippen LogP contribution in [0.3, 0.4) is 0 Å². The van der Waals surface area contributed by atoms with Gasteiger partial charge >= 0.3 is 0 Å². The molecule has 0 radical (unpaired) electrons. The Hall–Kier alpha value is -2.01. The fraction of sp³-hybridized carbons (Fsp3) is 0.350. The first-order valence-corrected chi connectivity index (χ1v) is 9.44. The third-order valence-corrected chi connectivity index (χ3v) is 5.57. The van der Waals surface area contributed by atoms with Crippen molar-refractivity contribution in [3.63, 3.8) is 0 Å². The molecule has 3 rings (SSSR count). The number of thioether (sulfide) groups is 1. The molecule has 0 bridgehead atoms. The van der Waals surface area contributed by atoms with E-state index < -0.39 is 0 Å². The van der Waals surface area contributed by atoms with E-state index in [1.54, 1.807) is 23.9 Å². The molecule has 0 N–H and O–H groups in total. The molecule has 3 nitrogen and oxygen atoms in total. The summed E-state index contributed by atoms with van der Waals surface area (Å²) in [4.78, 5) is 17.7. The van der Waals surface area contributed by atoms with Gasteiger partial charge in [0.15, 0.2) is 0 Å². The molecule has 132 valence electrons. The van der Waals surface area contributed by atoms with Gasteiger partial charge in [-0.05, 0) is 38.1 Å². The third kappa shape index (κ3) is 4.34. The molecule has 0 aliphatic carbocycles. The van der Waals surface area contributed by atoms with Gasteiger partial charge in [0.25, 0.3) is 0 Å². The monoisotopic (exact) mass is 358 g/mol. The average Bonchev–Trinajstić information content (AvgIpc) is 2.63. The van der Waals surface area contributed by atoms with E-state index in [-0.39, 0.29) is 17.0 Å². The zero-order valence-electron chi connectivity index (χ0n) is 14.6. The first-order valence-electron chi connectivity index (χ1n) is 8.56. The number of hydrogen-bond donors (Lipinski definition) is 0. The summed E-state index contributed by atoms with van der Waals surface area (Å²) < 4.78 is 13.9. The van der Waals surface area contributed by atoms with Crippen LogP contribution in [0.4, 0.5) is 10.1 Å². The summed E-state index contributed by atoms with van der Waals surface area (Å²) in [5.41, 5.74) is 1.84. The molecule has 1 aliphatic heterocycles. The van der Waals surface area contributed by atoms with Crippen LogP contribution in [0.25, 0.3) is 0 Å². The predicted molar refractivity (Wildman–Crippen MR) is 102 cm³/mol. The van der Waals surface area contributed by atoms with Gasteiger partial charge in [0.2, 0.25) is 5.91 Å². The molecule has 1 heterocycles. The standard InChI is InChI=1S/C20H23FN2OS/c1-15-7-9-17(10-8-15)25-16(2)20(24)23-13-11-22(12-14-23)19-6-4-3-5-18(19)21/h3-10,16H,11-14H2,1-2H3/t16-/m1/s1. The van der Waals surface area contributed by atoms with Crippen molar-refractivity contribution in [3.8, 4) is 0 Å². The SMILES string of the molecule is Cc1ccc(S[C@H](C)C(=O)N2CCN(c3ccccc3F)CC2)cc1. The van der Waals surface area contributed by atoms with Crippen LogP contribution in [-0.2, 0) is 4.79 Å². The molecule has 0 unspecified atom stereocenters. The van der Waals surface area contributed by atoms with Crippen molar-refractivity contribution in [3.05, 3.63) is 59.9 Å². The first kappa shape index (κ1) is 17.8. The lowest BCUT2D eigenvalue weighted by molar-refractivity contribution is -0.130. The molecule has 0 aromatic heterocycles. The van der Waals surface area contributed by atoms with Crippen LogP contribution in [-0.4, -0.2) is 42.2 Å². The number of halogens is 1. The number of hydrogen-bond acceptors (Lipinski definition) is 3. The molecule has 0 saturated carbocycles. The number of carbonyl (C=O) groups excluding carboxylic acids is 1. The smallest absolute Gasteiger partial charge is 0.235 e. The van der Waals surface area contributed by atoms with Gasteiger partial charge in [0.1, 0.15) is 5.82 Å². The first-order chi connectivity index (χ1) is 12.0. The molecule has 2 aromatic rings. The topological polar surface area (TPSA) is 23.6 Å². The Morgan fingerprint density at radius 2 is 1.68 bits per heavy atom. The Labute approximate surface area is 152 Å². The number of para-hydroxylation sites is 1. The molecule has 25 heavy (non-hydrogen) atoms. The minimum Gasteiger partial charge on any atom is -0.366 e. The van der Waals surface area contributed by atoms with Crippen LogP contribution in [0, 0.1) is 12.7 Å². The minimum absolute atomic E-state index is 0.122. The zero-order chi connectivity index (χ0) is 17.8. The Morgan fingerprint density at radius 3 is 2.32 bits per heavy atom. The van der Waals surface area contributed by atoms with Crippen molar-refractivity contribution in [1.82, 2.24) is 4.90 Å². The third-order valence-electron chi connectivity index (χ3n) is 4.47. The number of benzene rings is 2. The Balaban J connectivity index is 1.56. The maximum Gasteiger partial charge on any atom is 0.235 e. The van der Waals surface area contributed by atoms with Gasteiger partial charge in [-0.15, -0.1) is 11.8 Å². The lowest BCUT2D eigenvalue weighted by atomic mass is 10.2. The number of amides is 1. The molecular weight excluding hydrogens is 335 g/mol.